The molecule has 5 heteroatoms. The molecule has 0 radical (unpaired) electrons. The lowest BCUT2D eigenvalue weighted by molar-refractivity contribution is -0.138. The monoisotopic (exact) mass is 267 g/mol. The number of nitrogens with one attached hydrogen (secondary N) is 1. The molecule has 2 N–H and O–H groups in total. The van der Waals surface area contributed by atoms with Gasteiger partial charge in [0.1, 0.15) is 12.1 Å². The molecule has 1 atom stereocenters. The van der Waals surface area contributed by atoms with Crippen molar-refractivity contribution in [1.82, 2.24) is 4.98 Å². The SMILES string of the molecule is N#Cc1cnc2ccccc2c1NC(C(=O)O)C1CC1. The molecule has 100 valence electrons. The molecular formula is C15H13N3O2. The van der Waals surface area contributed by atoms with Crippen LogP contribution in [-0.2, 0) is 4.79 Å². The zero-order chi connectivity index (χ0) is 14.1. The number of pyridine rings is 1. The van der Waals surface area contributed by atoms with Gasteiger partial charge in [-0.3, -0.25) is 4.98 Å². The second-order valence-electron chi connectivity index (χ2n) is 4.97. The lowest BCUT2D eigenvalue weighted by atomic mass is 10.1. The van der Waals surface area contributed by atoms with Gasteiger partial charge in [-0.1, -0.05) is 18.2 Å². The Labute approximate surface area is 115 Å². The van der Waals surface area contributed by atoms with Gasteiger partial charge in [0.15, 0.2) is 0 Å². The quantitative estimate of drug-likeness (QED) is 0.888. The second kappa shape index (κ2) is 4.82. The fourth-order valence-electron chi connectivity index (χ4n) is 2.35. The van der Waals surface area contributed by atoms with E-state index in [1.165, 1.54) is 6.20 Å². The number of nitrogens with zero attached hydrogens (tertiary/aromatic N) is 2. The Balaban J connectivity index is 2.09. The van der Waals surface area contributed by atoms with E-state index in [2.05, 4.69) is 16.4 Å². The largest absolute Gasteiger partial charge is 0.480 e. The molecule has 0 amide bonds. The molecule has 0 aliphatic heterocycles. The maximum Gasteiger partial charge on any atom is 0.326 e. The molecule has 5 nitrogen and oxygen atoms in total. The van der Waals surface area contributed by atoms with Crippen molar-refractivity contribution in [2.24, 2.45) is 5.92 Å². The van der Waals surface area contributed by atoms with Crippen LogP contribution in [0.15, 0.2) is 30.5 Å². The Hall–Kier alpha value is -2.61. The third-order valence-corrected chi connectivity index (χ3v) is 3.56. The minimum Gasteiger partial charge on any atom is -0.480 e. The summed E-state index contributed by atoms with van der Waals surface area (Å²) in [5, 5.41) is 22.3. The van der Waals surface area contributed by atoms with Crippen molar-refractivity contribution in [3.63, 3.8) is 0 Å². The van der Waals surface area contributed by atoms with Gasteiger partial charge in [0.2, 0.25) is 0 Å². The van der Waals surface area contributed by atoms with Crippen molar-refractivity contribution in [1.29, 1.82) is 5.26 Å². The normalized spacial score (nSPS) is 15.6. The summed E-state index contributed by atoms with van der Waals surface area (Å²) in [6, 6.07) is 8.83. The predicted molar refractivity (Wildman–Crippen MR) is 74.2 cm³/mol. The summed E-state index contributed by atoms with van der Waals surface area (Å²) in [6.07, 6.45) is 3.31. The van der Waals surface area contributed by atoms with Crippen molar-refractivity contribution in [3.05, 3.63) is 36.0 Å². The van der Waals surface area contributed by atoms with Gasteiger partial charge in [-0.15, -0.1) is 0 Å². The molecule has 1 fully saturated rings. The molecule has 1 saturated carbocycles. The van der Waals surface area contributed by atoms with Crippen LogP contribution >= 0.6 is 0 Å². The number of aromatic nitrogens is 1. The Kier molecular flexibility index (Phi) is 2.99. The van der Waals surface area contributed by atoms with E-state index in [0.29, 0.717) is 11.3 Å². The number of aliphatic carboxylic acids is 1. The number of anilines is 1. The number of hydrogen-bond acceptors (Lipinski definition) is 4. The Morgan fingerprint density at radius 2 is 2.20 bits per heavy atom. The molecule has 1 aromatic carbocycles. The van der Waals surface area contributed by atoms with Gasteiger partial charge in [-0.2, -0.15) is 5.26 Å². The summed E-state index contributed by atoms with van der Waals surface area (Å²) >= 11 is 0. The van der Waals surface area contributed by atoms with Gasteiger partial charge in [-0.25, -0.2) is 4.79 Å². The van der Waals surface area contributed by atoms with Gasteiger partial charge < -0.3 is 10.4 Å². The summed E-state index contributed by atoms with van der Waals surface area (Å²) in [5.41, 5.74) is 1.68. The number of carboxylic acid groups (broad SMARTS) is 1. The van der Waals surface area contributed by atoms with Gasteiger partial charge in [0.25, 0.3) is 0 Å². The highest BCUT2D eigenvalue weighted by molar-refractivity contribution is 5.95. The number of nitriles is 1. The second-order valence-corrected chi connectivity index (χ2v) is 4.97. The number of fused-ring (bicyclic) bond motifs is 1. The first kappa shape index (κ1) is 12.4. The van der Waals surface area contributed by atoms with E-state index in [9.17, 15) is 15.2 Å². The Bertz CT molecular complexity index is 717. The van der Waals surface area contributed by atoms with Crippen molar-refractivity contribution >= 4 is 22.6 Å². The van der Waals surface area contributed by atoms with Crippen LogP contribution in [-0.4, -0.2) is 22.1 Å². The van der Waals surface area contributed by atoms with Gasteiger partial charge in [0, 0.05) is 11.6 Å². The predicted octanol–water partition coefficient (Wildman–Crippen LogP) is 2.38. The lowest BCUT2D eigenvalue weighted by Crippen LogP contribution is -2.31. The molecule has 1 heterocycles. The zero-order valence-electron chi connectivity index (χ0n) is 10.7. The van der Waals surface area contributed by atoms with E-state index in [1.54, 1.807) is 0 Å². The summed E-state index contributed by atoms with van der Waals surface area (Å²) in [7, 11) is 0. The molecular weight excluding hydrogens is 254 g/mol. The lowest BCUT2D eigenvalue weighted by Gasteiger charge is -2.17. The Morgan fingerprint density at radius 3 is 2.85 bits per heavy atom. The number of carboxylic acids is 1. The molecule has 1 aliphatic rings. The van der Waals surface area contributed by atoms with E-state index in [-0.39, 0.29) is 5.92 Å². The van der Waals surface area contributed by atoms with Crippen molar-refractivity contribution in [2.75, 3.05) is 5.32 Å². The molecule has 20 heavy (non-hydrogen) atoms. The molecule has 1 aliphatic carbocycles. The fraction of sp³-hybridized carbons (Fsp3) is 0.267. The molecule has 3 rings (SSSR count). The smallest absolute Gasteiger partial charge is 0.326 e. The van der Waals surface area contributed by atoms with E-state index in [4.69, 9.17) is 0 Å². The maximum absolute atomic E-state index is 11.4. The number of benzene rings is 1. The molecule has 1 unspecified atom stereocenters. The molecule has 1 aromatic heterocycles. The standard InChI is InChI=1S/C15H13N3O2/c16-7-10-8-17-12-4-2-1-3-11(12)13(10)18-14(15(19)20)9-5-6-9/h1-4,8-9,14H,5-6H2,(H,17,18)(H,19,20). The van der Waals surface area contributed by atoms with Gasteiger partial charge >= 0.3 is 5.97 Å². The minimum atomic E-state index is -0.878. The van der Waals surface area contributed by atoms with E-state index >= 15 is 0 Å². The highest BCUT2D eigenvalue weighted by Gasteiger charge is 2.36. The number of hydrogen-bond donors (Lipinski definition) is 2. The molecule has 0 bridgehead atoms. The number of carbonyl (C=O) groups is 1. The first-order chi connectivity index (χ1) is 9.70. The first-order valence-electron chi connectivity index (χ1n) is 6.48. The van der Waals surface area contributed by atoms with Crippen molar-refractivity contribution < 1.29 is 9.90 Å². The highest BCUT2D eigenvalue weighted by Crippen LogP contribution is 2.36. The fourth-order valence-corrected chi connectivity index (χ4v) is 2.35. The van der Waals surface area contributed by atoms with Crippen LogP contribution < -0.4 is 5.32 Å². The highest BCUT2D eigenvalue weighted by atomic mass is 16.4. The van der Waals surface area contributed by atoms with Crippen LogP contribution in [0.25, 0.3) is 10.9 Å². The van der Waals surface area contributed by atoms with Crippen LogP contribution in [0.3, 0.4) is 0 Å². The Morgan fingerprint density at radius 1 is 1.45 bits per heavy atom. The van der Waals surface area contributed by atoms with E-state index < -0.39 is 12.0 Å². The summed E-state index contributed by atoms with van der Waals surface area (Å²) in [4.78, 5) is 15.6. The van der Waals surface area contributed by atoms with Crippen LogP contribution in [0.1, 0.15) is 18.4 Å². The number of para-hydroxylation sites is 1. The van der Waals surface area contributed by atoms with Crippen molar-refractivity contribution in [2.45, 2.75) is 18.9 Å². The average Bonchev–Trinajstić information content (AvgIpc) is 3.28. The van der Waals surface area contributed by atoms with Crippen LogP contribution in [0, 0.1) is 17.2 Å². The number of rotatable bonds is 4. The van der Waals surface area contributed by atoms with Crippen LogP contribution in [0.2, 0.25) is 0 Å². The topological polar surface area (TPSA) is 86.0 Å². The summed E-state index contributed by atoms with van der Waals surface area (Å²) in [5.74, 6) is -0.733. The summed E-state index contributed by atoms with van der Waals surface area (Å²) < 4.78 is 0. The van der Waals surface area contributed by atoms with Gasteiger partial charge in [0.05, 0.1) is 16.8 Å². The van der Waals surface area contributed by atoms with Crippen molar-refractivity contribution in [3.8, 4) is 6.07 Å². The first-order valence-corrected chi connectivity index (χ1v) is 6.48. The van der Waals surface area contributed by atoms with Gasteiger partial charge in [-0.05, 0) is 24.8 Å². The molecule has 0 saturated heterocycles. The minimum absolute atomic E-state index is 0.144. The van der Waals surface area contributed by atoms with E-state index in [0.717, 1.165) is 23.7 Å². The molecule has 2 aromatic rings. The van der Waals surface area contributed by atoms with E-state index in [1.807, 2.05) is 24.3 Å². The molecule has 0 spiro atoms. The third kappa shape index (κ3) is 2.16. The third-order valence-electron chi connectivity index (χ3n) is 3.56. The summed E-state index contributed by atoms with van der Waals surface area (Å²) in [6.45, 7) is 0. The zero-order valence-corrected chi connectivity index (χ0v) is 10.7. The van der Waals surface area contributed by atoms with Crippen LogP contribution in [0.4, 0.5) is 5.69 Å². The van der Waals surface area contributed by atoms with Crippen LogP contribution in [0.5, 0.6) is 0 Å². The average molecular weight is 267 g/mol. The maximum atomic E-state index is 11.4.